The van der Waals surface area contributed by atoms with Crippen molar-refractivity contribution in [3.8, 4) is 0 Å². The highest BCUT2D eigenvalue weighted by molar-refractivity contribution is 5.82. The van der Waals surface area contributed by atoms with E-state index in [9.17, 15) is 22.8 Å². The van der Waals surface area contributed by atoms with E-state index < -0.39 is 18.2 Å². The molecule has 4 N–H and O–H groups in total. The molecular weight excluding hydrogens is 517 g/mol. The lowest BCUT2D eigenvalue weighted by molar-refractivity contribution is -0.192. The minimum Gasteiger partial charge on any atom is -0.475 e. The fourth-order valence-electron chi connectivity index (χ4n) is 4.28. The summed E-state index contributed by atoms with van der Waals surface area (Å²) in [6.45, 7) is 2.86. The molecule has 4 heterocycles. The van der Waals surface area contributed by atoms with Crippen molar-refractivity contribution < 1.29 is 27.9 Å². The maximum atomic E-state index is 13.2. The summed E-state index contributed by atoms with van der Waals surface area (Å²) in [5, 5.41) is 14.2. The standard InChI is InChI=1S/C24H24N6O2.C2HF3O2/c1-15-9-20(23(31)28-13-18-10-17-12-25-8-7-19(17)29-18)30-21(15)14-27-22(24(30)32)26-11-16-5-3-2-4-6-16;3-2(4,5)1(6)7/h2-8,10,12,14-15,20,29H,9,11,13H2,1H3,(H,26,27)(H,28,31);(H,6,7)/t15-,20+;/m1./s1. The molecule has 0 radical (unpaired) electrons. The molecule has 10 nitrogen and oxygen atoms in total. The second kappa shape index (κ2) is 11.4. The molecule has 4 aromatic rings. The number of aliphatic carboxylic acids is 1. The van der Waals surface area contributed by atoms with Crippen LogP contribution in [0.5, 0.6) is 0 Å². The normalized spacial score (nSPS) is 16.2. The van der Waals surface area contributed by atoms with E-state index in [4.69, 9.17) is 9.90 Å². The summed E-state index contributed by atoms with van der Waals surface area (Å²) in [6.07, 6.45) is 0.698. The fraction of sp³-hybridized carbons (Fsp3) is 0.269. The molecule has 0 spiro atoms. The van der Waals surface area contributed by atoms with Crippen molar-refractivity contribution >= 4 is 28.6 Å². The van der Waals surface area contributed by atoms with Crippen LogP contribution in [0.2, 0.25) is 0 Å². The van der Waals surface area contributed by atoms with Crippen molar-refractivity contribution in [3.05, 3.63) is 88.4 Å². The molecular formula is C26H25F3N6O4. The highest BCUT2D eigenvalue weighted by Gasteiger charge is 2.38. The Kier molecular flexibility index (Phi) is 7.98. The van der Waals surface area contributed by atoms with Crippen molar-refractivity contribution in [1.29, 1.82) is 0 Å². The number of carbonyl (C=O) groups is 2. The van der Waals surface area contributed by atoms with Crippen LogP contribution in [0.1, 0.15) is 42.3 Å². The molecule has 0 saturated carbocycles. The minimum atomic E-state index is -5.08. The Bertz CT molecular complexity index is 1500. The van der Waals surface area contributed by atoms with Gasteiger partial charge in [-0.1, -0.05) is 37.3 Å². The lowest BCUT2D eigenvalue weighted by atomic mass is 10.0. The first-order chi connectivity index (χ1) is 18.5. The number of aromatic amines is 1. The highest BCUT2D eigenvalue weighted by Crippen LogP contribution is 2.34. The summed E-state index contributed by atoms with van der Waals surface area (Å²) < 4.78 is 33.3. The van der Waals surface area contributed by atoms with E-state index in [1.54, 1.807) is 23.2 Å². The summed E-state index contributed by atoms with van der Waals surface area (Å²) in [7, 11) is 0. The van der Waals surface area contributed by atoms with Crippen LogP contribution in [0, 0.1) is 0 Å². The average Bonchev–Trinajstić information content (AvgIpc) is 3.48. The van der Waals surface area contributed by atoms with Gasteiger partial charge in [-0.25, -0.2) is 9.78 Å². The van der Waals surface area contributed by atoms with Gasteiger partial charge in [-0.05, 0) is 24.1 Å². The van der Waals surface area contributed by atoms with Crippen LogP contribution in [0.4, 0.5) is 19.0 Å². The van der Waals surface area contributed by atoms with Gasteiger partial charge in [0.1, 0.15) is 6.04 Å². The van der Waals surface area contributed by atoms with Gasteiger partial charge in [-0.15, -0.1) is 0 Å². The highest BCUT2D eigenvalue weighted by atomic mass is 19.4. The molecule has 204 valence electrons. The number of benzene rings is 1. The van der Waals surface area contributed by atoms with Gasteiger partial charge in [0.05, 0.1) is 6.54 Å². The van der Waals surface area contributed by atoms with Gasteiger partial charge in [0, 0.05) is 53.3 Å². The number of fused-ring (bicyclic) bond motifs is 2. The number of carbonyl (C=O) groups excluding carboxylic acids is 1. The largest absolute Gasteiger partial charge is 0.490 e. The summed E-state index contributed by atoms with van der Waals surface area (Å²) in [6, 6.07) is 13.1. The van der Waals surface area contributed by atoms with Crippen molar-refractivity contribution in [3.63, 3.8) is 0 Å². The summed E-state index contributed by atoms with van der Waals surface area (Å²) in [5.74, 6) is -2.59. The zero-order chi connectivity index (χ0) is 28.2. The maximum absolute atomic E-state index is 13.2. The van der Waals surface area contributed by atoms with E-state index >= 15 is 0 Å². The van der Waals surface area contributed by atoms with Crippen molar-refractivity contribution in [1.82, 2.24) is 24.8 Å². The number of aromatic nitrogens is 4. The van der Waals surface area contributed by atoms with E-state index in [2.05, 4.69) is 25.6 Å². The SMILES string of the molecule is C[C@@H]1C[C@@H](C(=O)NCc2cc3cnccc3[nH]2)n2c1cnc(NCc1ccccc1)c2=O.O=C(O)C(F)(F)F. The number of anilines is 1. The number of amides is 1. The average molecular weight is 543 g/mol. The van der Waals surface area contributed by atoms with E-state index in [1.807, 2.05) is 49.4 Å². The minimum absolute atomic E-state index is 0.0771. The van der Waals surface area contributed by atoms with Crippen molar-refractivity contribution in [2.45, 2.75) is 44.6 Å². The number of hydrogen-bond acceptors (Lipinski definition) is 6. The first kappa shape index (κ1) is 27.4. The van der Waals surface area contributed by atoms with E-state index in [0.29, 0.717) is 19.5 Å². The van der Waals surface area contributed by atoms with Gasteiger partial charge < -0.3 is 20.7 Å². The van der Waals surface area contributed by atoms with E-state index in [-0.39, 0.29) is 23.2 Å². The number of rotatable bonds is 6. The Morgan fingerprint density at radius 2 is 1.87 bits per heavy atom. The van der Waals surface area contributed by atoms with E-state index in [1.165, 1.54) is 0 Å². The number of H-pyrrole nitrogens is 1. The molecule has 39 heavy (non-hydrogen) atoms. The molecule has 3 aromatic heterocycles. The summed E-state index contributed by atoms with van der Waals surface area (Å²) >= 11 is 0. The molecule has 0 bridgehead atoms. The number of nitrogens with zero attached hydrogens (tertiary/aromatic N) is 3. The lowest BCUT2D eigenvalue weighted by Gasteiger charge is -2.15. The quantitative estimate of drug-likeness (QED) is 0.291. The third-order valence-electron chi connectivity index (χ3n) is 6.20. The number of carboxylic acid groups (broad SMARTS) is 1. The van der Waals surface area contributed by atoms with Crippen LogP contribution in [0.3, 0.4) is 0 Å². The fourth-order valence-corrected chi connectivity index (χ4v) is 4.28. The van der Waals surface area contributed by atoms with Gasteiger partial charge in [-0.3, -0.25) is 19.1 Å². The third-order valence-corrected chi connectivity index (χ3v) is 6.20. The van der Waals surface area contributed by atoms with Crippen LogP contribution in [0.15, 0.2) is 65.8 Å². The number of hydrogen-bond donors (Lipinski definition) is 4. The monoisotopic (exact) mass is 542 g/mol. The molecule has 1 aromatic carbocycles. The molecule has 0 aliphatic carbocycles. The molecule has 1 amide bonds. The Balaban J connectivity index is 0.000000448. The second-order valence-corrected chi connectivity index (χ2v) is 8.98. The first-order valence-electron chi connectivity index (χ1n) is 11.9. The topological polar surface area (TPSA) is 142 Å². The summed E-state index contributed by atoms with van der Waals surface area (Å²) in [4.78, 5) is 46.9. The summed E-state index contributed by atoms with van der Waals surface area (Å²) in [5.41, 5.74) is 3.44. The molecule has 2 atom stereocenters. The van der Waals surface area contributed by atoms with Crippen LogP contribution >= 0.6 is 0 Å². The molecule has 0 fully saturated rings. The Morgan fingerprint density at radius 1 is 1.15 bits per heavy atom. The Hall–Kier alpha value is -4.68. The molecule has 5 rings (SSSR count). The second-order valence-electron chi connectivity index (χ2n) is 8.98. The number of alkyl halides is 3. The molecule has 0 saturated heterocycles. The molecule has 1 aliphatic rings. The van der Waals surface area contributed by atoms with Gasteiger partial charge >= 0.3 is 12.1 Å². The van der Waals surface area contributed by atoms with Gasteiger partial charge in [-0.2, -0.15) is 13.2 Å². The smallest absolute Gasteiger partial charge is 0.475 e. The third kappa shape index (κ3) is 6.43. The lowest BCUT2D eigenvalue weighted by Crippen LogP contribution is -2.36. The van der Waals surface area contributed by atoms with Crippen LogP contribution in [0.25, 0.3) is 10.9 Å². The number of halogens is 3. The van der Waals surface area contributed by atoms with Gasteiger partial charge in [0.25, 0.3) is 5.56 Å². The van der Waals surface area contributed by atoms with Gasteiger partial charge in [0.15, 0.2) is 5.82 Å². The van der Waals surface area contributed by atoms with Crippen LogP contribution in [-0.2, 0) is 22.7 Å². The number of nitrogens with one attached hydrogen (secondary N) is 3. The van der Waals surface area contributed by atoms with Crippen molar-refractivity contribution in [2.24, 2.45) is 0 Å². The van der Waals surface area contributed by atoms with E-state index in [0.717, 1.165) is 27.9 Å². The molecule has 13 heteroatoms. The predicted octanol–water partition coefficient (Wildman–Crippen LogP) is 3.73. The molecule has 0 unspecified atom stereocenters. The zero-order valence-corrected chi connectivity index (χ0v) is 20.7. The first-order valence-corrected chi connectivity index (χ1v) is 11.9. The van der Waals surface area contributed by atoms with Crippen LogP contribution < -0.4 is 16.2 Å². The zero-order valence-electron chi connectivity index (χ0n) is 20.7. The maximum Gasteiger partial charge on any atom is 0.490 e. The number of pyridine rings is 1. The predicted molar refractivity (Wildman–Crippen MR) is 136 cm³/mol. The Labute approximate surface area is 219 Å². The van der Waals surface area contributed by atoms with Gasteiger partial charge in [0.2, 0.25) is 5.91 Å². The molecule has 1 aliphatic heterocycles. The van der Waals surface area contributed by atoms with Crippen molar-refractivity contribution in [2.75, 3.05) is 5.32 Å². The van der Waals surface area contributed by atoms with Crippen LogP contribution in [-0.4, -0.2) is 42.7 Å². The Morgan fingerprint density at radius 3 is 2.54 bits per heavy atom. The number of carboxylic acids is 1.